The number of rotatable bonds is 4. The van der Waals surface area contributed by atoms with Crippen molar-refractivity contribution in [2.24, 2.45) is 10.3 Å². The first kappa shape index (κ1) is 12.8. The lowest BCUT2D eigenvalue weighted by Crippen LogP contribution is -2.40. The summed E-state index contributed by atoms with van der Waals surface area (Å²) in [6, 6.07) is 8.05. The molecule has 0 aliphatic carbocycles. The number of likely N-dealkylation sites (tertiary alicyclic amines) is 1. The molecule has 2 aliphatic rings. The fraction of sp³-hybridized carbons (Fsp3) is 0.429. The van der Waals surface area contributed by atoms with Crippen LogP contribution < -0.4 is 5.01 Å². The highest BCUT2D eigenvalue weighted by atomic mass is 16.2. The summed E-state index contributed by atoms with van der Waals surface area (Å²) in [6.07, 6.45) is 1.76. The molecule has 20 heavy (non-hydrogen) atoms. The molecule has 2 amide bonds. The van der Waals surface area contributed by atoms with E-state index in [0.717, 1.165) is 18.5 Å². The van der Waals surface area contributed by atoms with Crippen molar-refractivity contribution in [1.82, 2.24) is 4.90 Å². The second-order valence-corrected chi connectivity index (χ2v) is 4.96. The van der Waals surface area contributed by atoms with E-state index in [2.05, 4.69) is 10.3 Å². The Bertz CT molecular complexity index is 558. The van der Waals surface area contributed by atoms with Crippen molar-refractivity contribution >= 4 is 17.5 Å². The smallest absolute Gasteiger partial charge is 0.258 e. The number of benzene rings is 1. The van der Waals surface area contributed by atoms with Crippen molar-refractivity contribution in [2.75, 3.05) is 11.6 Å². The molecule has 3 rings (SSSR count). The number of amides is 2. The SMILES string of the molecule is CCCCN1C(=O)[C@H]2N=NN(c3ccccc3)[C@H]2C1=O. The van der Waals surface area contributed by atoms with Crippen molar-refractivity contribution in [3.63, 3.8) is 0 Å². The highest BCUT2D eigenvalue weighted by Crippen LogP contribution is 2.32. The van der Waals surface area contributed by atoms with Gasteiger partial charge in [0, 0.05) is 6.54 Å². The Morgan fingerprint density at radius 1 is 1.15 bits per heavy atom. The van der Waals surface area contributed by atoms with Crippen LogP contribution in [0.2, 0.25) is 0 Å². The average Bonchev–Trinajstić information content (AvgIpc) is 3.01. The zero-order chi connectivity index (χ0) is 14.1. The van der Waals surface area contributed by atoms with Crippen LogP contribution in [-0.2, 0) is 9.59 Å². The third-order valence-electron chi connectivity index (χ3n) is 3.63. The molecule has 1 fully saturated rings. The summed E-state index contributed by atoms with van der Waals surface area (Å²) in [6.45, 7) is 2.50. The lowest BCUT2D eigenvalue weighted by molar-refractivity contribution is -0.139. The molecule has 2 aliphatic heterocycles. The number of nitrogens with zero attached hydrogens (tertiary/aromatic N) is 4. The van der Waals surface area contributed by atoms with E-state index in [1.165, 1.54) is 4.90 Å². The minimum absolute atomic E-state index is 0.192. The minimum Gasteiger partial charge on any atom is -0.279 e. The predicted molar refractivity (Wildman–Crippen MR) is 73.0 cm³/mol. The van der Waals surface area contributed by atoms with Gasteiger partial charge in [0.2, 0.25) is 0 Å². The average molecular weight is 272 g/mol. The van der Waals surface area contributed by atoms with E-state index >= 15 is 0 Å². The van der Waals surface area contributed by atoms with Crippen LogP contribution in [0.4, 0.5) is 5.69 Å². The fourth-order valence-corrected chi connectivity index (χ4v) is 2.55. The molecule has 6 nitrogen and oxygen atoms in total. The van der Waals surface area contributed by atoms with Gasteiger partial charge in [-0.25, -0.2) is 5.01 Å². The molecule has 2 heterocycles. The normalized spacial score (nSPS) is 24.6. The molecule has 0 bridgehead atoms. The summed E-state index contributed by atoms with van der Waals surface area (Å²) in [5.74, 6) is -0.419. The first-order valence-corrected chi connectivity index (χ1v) is 6.84. The van der Waals surface area contributed by atoms with Gasteiger partial charge in [0.25, 0.3) is 11.8 Å². The van der Waals surface area contributed by atoms with Gasteiger partial charge in [0.05, 0.1) is 5.69 Å². The minimum atomic E-state index is -0.681. The summed E-state index contributed by atoms with van der Waals surface area (Å²) >= 11 is 0. The lowest BCUT2D eigenvalue weighted by Gasteiger charge is -2.20. The van der Waals surface area contributed by atoms with Crippen molar-refractivity contribution in [3.05, 3.63) is 30.3 Å². The van der Waals surface area contributed by atoms with Crippen LogP contribution in [0.5, 0.6) is 0 Å². The summed E-state index contributed by atoms with van der Waals surface area (Å²) in [5, 5.41) is 9.53. The van der Waals surface area contributed by atoms with Crippen LogP contribution in [-0.4, -0.2) is 35.3 Å². The van der Waals surface area contributed by atoms with Gasteiger partial charge in [-0.15, -0.1) is 0 Å². The van der Waals surface area contributed by atoms with E-state index in [9.17, 15) is 9.59 Å². The zero-order valence-electron chi connectivity index (χ0n) is 11.3. The van der Waals surface area contributed by atoms with Gasteiger partial charge in [0.15, 0.2) is 12.1 Å². The highest BCUT2D eigenvalue weighted by Gasteiger charge is 2.54. The van der Waals surface area contributed by atoms with Gasteiger partial charge in [-0.2, -0.15) is 5.11 Å². The number of para-hydroxylation sites is 1. The molecule has 0 aromatic heterocycles. The second-order valence-electron chi connectivity index (χ2n) is 4.96. The molecule has 104 valence electrons. The molecular weight excluding hydrogens is 256 g/mol. The van der Waals surface area contributed by atoms with Crippen molar-refractivity contribution in [1.29, 1.82) is 0 Å². The summed E-state index contributed by atoms with van der Waals surface area (Å²) in [5.41, 5.74) is 0.780. The Morgan fingerprint density at radius 2 is 1.90 bits per heavy atom. The second kappa shape index (κ2) is 5.03. The third kappa shape index (κ3) is 1.88. The number of carbonyl (C=O) groups is 2. The van der Waals surface area contributed by atoms with E-state index in [0.29, 0.717) is 6.54 Å². The molecule has 0 N–H and O–H groups in total. The molecular formula is C14H16N4O2. The van der Waals surface area contributed by atoms with Gasteiger partial charge in [-0.05, 0) is 18.6 Å². The Kier molecular flexibility index (Phi) is 3.22. The predicted octanol–water partition coefficient (Wildman–Crippen LogP) is 1.78. The number of hydrogen-bond donors (Lipinski definition) is 0. The molecule has 6 heteroatoms. The van der Waals surface area contributed by atoms with Gasteiger partial charge in [-0.3, -0.25) is 14.5 Å². The van der Waals surface area contributed by atoms with Crippen LogP contribution in [0.3, 0.4) is 0 Å². The van der Waals surface area contributed by atoms with E-state index in [-0.39, 0.29) is 11.8 Å². The number of carbonyl (C=O) groups excluding carboxylic acids is 2. The molecule has 0 radical (unpaired) electrons. The Labute approximate surface area is 117 Å². The Morgan fingerprint density at radius 3 is 2.60 bits per heavy atom. The molecule has 1 aromatic rings. The summed E-state index contributed by atoms with van der Waals surface area (Å²) in [7, 11) is 0. The van der Waals surface area contributed by atoms with Gasteiger partial charge < -0.3 is 0 Å². The van der Waals surface area contributed by atoms with Crippen molar-refractivity contribution in [2.45, 2.75) is 31.8 Å². The van der Waals surface area contributed by atoms with Gasteiger partial charge >= 0.3 is 0 Å². The van der Waals surface area contributed by atoms with Crippen molar-refractivity contribution < 1.29 is 9.59 Å². The molecule has 0 unspecified atom stereocenters. The van der Waals surface area contributed by atoms with Crippen LogP contribution in [0, 0.1) is 0 Å². The zero-order valence-corrected chi connectivity index (χ0v) is 11.3. The molecule has 0 spiro atoms. The molecule has 0 saturated carbocycles. The van der Waals surface area contributed by atoms with E-state index < -0.39 is 12.1 Å². The fourth-order valence-electron chi connectivity index (χ4n) is 2.55. The summed E-state index contributed by atoms with van der Waals surface area (Å²) < 4.78 is 0. The topological polar surface area (TPSA) is 65.3 Å². The number of anilines is 1. The molecule has 1 saturated heterocycles. The maximum Gasteiger partial charge on any atom is 0.258 e. The van der Waals surface area contributed by atoms with E-state index in [1.807, 2.05) is 37.3 Å². The van der Waals surface area contributed by atoms with Gasteiger partial charge in [0.1, 0.15) is 0 Å². The monoisotopic (exact) mass is 272 g/mol. The first-order chi connectivity index (χ1) is 9.74. The largest absolute Gasteiger partial charge is 0.279 e. The van der Waals surface area contributed by atoms with E-state index in [1.54, 1.807) is 5.01 Å². The summed E-state index contributed by atoms with van der Waals surface area (Å²) in [4.78, 5) is 26.0. The third-order valence-corrected chi connectivity index (χ3v) is 3.63. The molecule has 2 atom stereocenters. The van der Waals surface area contributed by atoms with Crippen LogP contribution >= 0.6 is 0 Å². The quantitative estimate of drug-likeness (QED) is 0.785. The van der Waals surface area contributed by atoms with Crippen LogP contribution in [0.15, 0.2) is 40.7 Å². The van der Waals surface area contributed by atoms with Crippen molar-refractivity contribution in [3.8, 4) is 0 Å². The van der Waals surface area contributed by atoms with Crippen LogP contribution in [0.25, 0.3) is 0 Å². The van der Waals surface area contributed by atoms with E-state index in [4.69, 9.17) is 0 Å². The number of unbranched alkanes of at least 4 members (excludes halogenated alkanes) is 1. The first-order valence-electron chi connectivity index (χ1n) is 6.84. The number of fused-ring (bicyclic) bond motifs is 1. The maximum absolute atomic E-state index is 12.4. The van der Waals surface area contributed by atoms with Crippen LogP contribution in [0.1, 0.15) is 19.8 Å². The number of hydrogen-bond acceptors (Lipinski definition) is 5. The highest BCUT2D eigenvalue weighted by molar-refractivity contribution is 6.11. The van der Waals surface area contributed by atoms with Gasteiger partial charge in [-0.1, -0.05) is 36.8 Å². The maximum atomic E-state index is 12.4. The Balaban J connectivity index is 1.85. The number of imide groups is 1. The standard InChI is InChI=1S/C14H16N4O2/c1-2-3-9-17-13(19)11-12(14(17)20)18(16-15-11)10-7-5-4-6-8-10/h4-8,11-12H,2-3,9H2,1H3/t11-,12+/m0/s1. The molecule has 1 aromatic carbocycles. The lowest BCUT2D eigenvalue weighted by atomic mass is 10.1. The Hall–Kier alpha value is -2.24.